The summed E-state index contributed by atoms with van der Waals surface area (Å²) in [6.45, 7) is 2.58. The summed E-state index contributed by atoms with van der Waals surface area (Å²) in [5.74, 6) is -0.981. The summed E-state index contributed by atoms with van der Waals surface area (Å²) in [6.07, 6.45) is 2.48. The molecule has 0 spiro atoms. The highest BCUT2D eigenvalue weighted by molar-refractivity contribution is 5.85. The van der Waals surface area contributed by atoms with E-state index in [1.165, 1.54) is 6.07 Å². The first-order valence-corrected chi connectivity index (χ1v) is 6.13. The highest BCUT2D eigenvalue weighted by atomic mass is 16.5. The number of hydrogen-bond acceptors (Lipinski definition) is 4. The standard InChI is InChI=1S/C13H18N2O3/c1-18-11-5-3-7-15(9-11)8-10-4-2-6-12(14-10)13(16)17/h2,4,6,11H,3,5,7-9H2,1H3,(H,16,17). The van der Waals surface area contributed by atoms with Crippen LogP contribution in [0.5, 0.6) is 0 Å². The Morgan fingerprint density at radius 2 is 2.44 bits per heavy atom. The van der Waals surface area contributed by atoms with Crippen LogP contribution in [0.25, 0.3) is 0 Å². The van der Waals surface area contributed by atoms with Crippen molar-refractivity contribution in [3.8, 4) is 0 Å². The van der Waals surface area contributed by atoms with Crippen molar-refractivity contribution in [3.05, 3.63) is 29.6 Å². The van der Waals surface area contributed by atoms with Crippen molar-refractivity contribution in [1.29, 1.82) is 0 Å². The molecule has 1 unspecified atom stereocenters. The second-order valence-corrected chi connectivity index (χ2v) is 4.55. The van der Waals surface area contributed by atoms with Gasteiger partial charge in [-0.2, -0.15) is 0 Å². The number of pyridine rings is 1. The molecule has 1 N–H and O–H groups in total. The summed E-state index contributed by atoms with van der Waals surface area (Å²) < 4.78 is 5.36. The summed E-state index contributed by atoms with van der Waals surface area (Å²) in [6, 6.07) is 5.12. The van der Waals surface area contributed by atoms with E-state index in [0.717, 1.165) is 31.6 Å². The van der Waals surface area contributed by atoms with Gasteiger partial charge in [0.2, 0.25) is 0 Å². The second-order valence-electron chi connectivity index (χ2n) is 4.55. The lowest BCUT2D eigenvalue weighted by atomic mass is 10.1. The molecule has 0 aliphatic carbocycles. The maximum Gasteiger partial charge on any atom is 0.354 e. The van der Waals surface area contributed by atoms with Crippen molar-refractivity contribution in [3.63, 3.8) is 0 Å². The summed E-state index contributed by atoms with van der Waals surface area (Å²) >= 11 is 0. The van der Waals surface area contributed by atoms with E-state index in [1.807, 2.05) is 6.07 Å². The lowest BCUT2D eigenvalue weighted by Gasteiger charge is -2.31. The Labute approximate surface area is 106 Å². The van der Waals surface area contributed by atoms with Crippen molar-refractivity contribution in [1.82, 2.24) is 9.88 Å². The number of nitrogens with zero attached hydrogens (tertiary/aromatic N) is 2. The molecule has 2 rings (SSSR count). The van der Waals surface area contributed by atoms with Crippen LogP contribution in [0.15, 0.2) is 18.2 Å². The summed E-state index contributed by atoms with van der Waals surface area (Å²) in [5.41, 5.74) is 0.902. The number of hydrogen-bond donors (Lipinski definition) is 1. The molecular formula is C13H18N2O3. The van der Waals surface area contributed by atoms with Crippen LogP contribution in [-0.4, -0.2) is 47.3 Å². The number of ether oxygens (including phenoxy) is 1. The third kappa shape index (κ3) is 3.27. The molecule has 0 amide bonds. The smallest absolute Gasteiger partial charge is 0.354 e. The topological polar surface area (TPSA) is 62.7 Å². The SMILES string of the molecule is COC1CCCN(Cc2cccc(C(=O)O)n2)C1. The molecule has 1 fully saturated rings. The quantitative estimate of drug-likeness (QED) is 0.875. The number of aromatic carboxylic acids is 1. The molecule has 0 aromatic carbocycles. The molecule has 0 bridgehead atoms. The van der Waals surface area contributed by atoms with Crippen LogP contribution in [0, 0.1) is 0 Å². The second kappa shape index (κ2) is 5.93. The van der Waals surface area contributed by atoms with Crippen LogP contribution in [0.3, 0.4) is 0 Å². The molecule has 2 heterocycles. The van der Waals surface area contributed by atoms with Gasteiger partial charge in [0.25, 0.3) is 0 Å². The third-order valence-corrected chi connectivity index (χ3v) is 3.21. The highest BCUT2D eigenvalue weighted by Gasteiger charge is 2.19. The number of rotatable bonds is 4. The van der Waals surface area contributed by atoms with Gasteiger partial charge >= 0.3 is 5.97 Å². The average molecular weight is 250 g/mol. The zero-order chi connectivity index (χ0) is 13.0. The fourth-order valence-electron chi connectivity index (χ4n) is 2.26. The minimum absolute atomic E-state index is 0.104. The van der Waals surface area contributed by atoms with E-state index < -0.39 is 5.97 Å². The third-order valence-electron chi connectivity index (χ3n) is 3.21. The first kappa shape index (κ1) is 13.0. The zero-order valence-corrected chi connectivity index (χ0v) is 10.5. The molecule has 1 aliphatic rings. The summed E-state index contributed by atoms with van der Waals surface area (Å²) in [7, 11) is 1.73. The Hall–Kier alpha value is -1.46. The Balaban J connectivity index is 2.00. The van der Waals surface area contributed by atoms with Crippen molar-refractivity contribution < 1.29 is 14.6 Å². The number of carboxylic acids is 1. The first-order valence-electron chi connectivity index (χ1n) is 6.13. The number of methoxy groups -OCH3 is 1. The molecule has 1 saturated heterocycles. The van der Waals surface area contributed by atoms with Gasteiger partial charge in [0.15, 0.2) is 0 Å². The molecule has 5 nitrogen and oxygen atoms in total. The summed E-state index contributed by atoms with van der Waals surface area (Å²) in [5, 5.41) is 8.90. The number of piperidine rings is 1. The van der Waals surface area contributed by atoms with Gasteiger partial charge in [0.05, 0.1) is 11.8 Å². The van der Waals surface area contributed by atoms with Gasteiger partial charge < -0.3 is 9.84 Å². The average Bonchev–Trinajstić information content (AvgIpc) is 2.39. The Bertz CT molecular complexity index is 422. The highest BCUT2D eigenvalue weighted by Crippen LogP contribution is 2.14. The molecule has 1 aliphatic heterocycles. The van der Waals surface area contributed by atoms with Crippen LogP contribution in [-0.2, 0) is 11.3 Å². The molecule has 0 saturated carbocycles. The minimum Gasteiger partial charge on any atom is -0.477 e. The zero-order valence-electron chi connectivity index (χ0n) is 10.5. The van der Waals surface area contributed by atoms with Crippen LogP contribution in [0.1, 0.15) is 29.0 Å². The fraction of sp³-hybridized carbons (Fsp3) is 0.538. The molecule has 18 heavy (non-hydrogen) atoms. The molecule has 5 heteroatoms. The van der Waals surface area contributed by atoms with Gasteiger partial charge in [-0.25, -0.2) is 9.78 Å². The van der Waals surface area contributed by atoms with E-state index >= 15 is 0 Å². The fourth-order valence-corrected chi connectivity index (χ4v) is 2.26. The minimum atomic E-state index is -0.981. The largest absolute Gasteiger partial charge is 0.477 e. The summed E-state index contributed by atoms with van der Waals surface area (Å²) in [4.78, 5) is 17.2. The molecule has 0 radical (unpaired) electrons. The van der Waals surface area contributed by atoms with Crippen molar-refractivity contribution in [2.75, 3.05) is 20.2 Å². The Morgan fingerprint density at radius 3 is 3.17 bits per heavy atom. The van der Waals surface area contributed by atoms with Crippen molar-refractivity contribution >= 4 is 5.97 Å². The Kier molecular flexibility index (Phi) is 4.28. The van der Waals surface area contributed by atoms with Gasteiger partial charge in [-0.05, 0) is 31.5 Å². The van der Waals surface area contributed by atoms with Gasteiger partial charge in [0, 0.05) is 20.2 Å². The Morgan fingerprint density at radius 1 is 1.61 bits per heavy atom. The van der Waals surface area contributed by atoms with Crippen molar-refractivity contribution in [2.45, 2.75) is 25.5 Å². The van der Waals surface area contributed by atoms with Gasteiger partial charge in [0.1, 0.15) is 5.69 Å². The molecule has 1 atom stereocenters. The number of carboxylic acid groups (broad SMARTS) is 1. The van der Waals surface area contributed by atoms with Gasteiger partial charge in [-0.1, -0.05) is 6.07 Å². The molecule has 1 aromatic rings. The van der Waals surface area contributed by atoms with E-state index in [0.29, 0.717) is 6.54 Å². The number of carbonyl (C=O) groups is 1. The van der Waals surface area contributed by atoms with Gasteiger partial charge in [-0.3, -0.25) is 4.90 Å². The first-order chi connectivity index (χ1) is 8.69. The van der Waals surface area contributed by atoms with Crippen LogP contribution in [0.2, 0.25) is 0 Å². The van der Waals surface area contributed by atoms with E-state index in [2.05, 4.69) is 9.88 Å². The lowest BCUT2D eigenvalue weighted by Crippen LogP contribution is -2.38. The predicted octanol–water partition coefficient (Wildman–Crippen LogP) is 1.39. The van der Waals surface area contributed by atoms with E-state index in [-0.39, 0.29) is 11.8 Å². The van der Waals surface area contributed by atoms with Crippen LogP contribution in [0.4, 0.5) is 0 Å². The van der Waals surface area contributed by atoms with Crippen molar-refractivity contribution in [2.24, 2.45) is 0 Å². The van der Waals surface area contributed by atoms with E-state index in [9.17, 15) is 4.79 Å². The monoisotopic (exact) mass is 250 g/mol. The maximum atomic E-state index is 10.8. The lowest BCUT2D eigenvalue weighted by molar-refractivity contribution is 0.0281. The van der Waals surface area contributed by atoms with E-state index in [4.69, 9.17) is 9.84 Å². The van der Waals surface area contributed by atoms with Crippen LogP contribution < -0.4 is 0 Å². The molecular weight excluding hydrogens is 232 g/mol. The molecule has 1 aromatic heterocycles. The molecule has 98 valence electrons. The van der Waals surface area contributed by atoms with E-state index in [1.54, 1.807) is 13.2 Å². The van der Waals surface area contributed by atoms with Gasteiger partial charge in [-0.15, -0.1) is 0 Å². The predicted molar refractivity (Wildman–Crippen MR) is 66.5 cm³/mol. The normalized spacial score (nSPS) is 20.8. The maximum absolute atomic E-state index is 10.8. The number of likely N-dealkylation sites (tertiary alicyclic amines) is 1. The van der Waals surface area contributed by atoms with Crippen LogP contribution >= 0.6 is 0 Å². The number of aromatic nitrogens is 1.